The van der Waals surface area contributed by atoms with Gasteiger partial charge in [0.05, 0.1) is 0 Å². The SMILES string of the molecule is Nc1ccc(Nc2ccc(N(c3ccccc3)c3ccccc3)cc2)cc1. The second-order valence-corrected chi connectivity index (χ2v) is 6.30. The van der Waals surface area contributed by atoms with Crippen molar-refractivity contribution in [2.24, 2.45) is 0 Å². The van der Waals surface area contributed by atoms with Crippen molar-refractivity contribution < 1.29 is 0 Å². The second-order valence-electron chi connectivity index (χ2n) is 6.30. The van der Waals surface area contributed by atoms with Crippen molar-refractivity contribution >= 4 is 34.1 Å². The van der Waals surface area contributed by atoms with E-state index in [0.29, 0.717) is 0 Å². The normalized spacial score (nSPS) is 10.4. The summed E-state index contributed by atoms with van der Waals surface area (Å²) in [7, 11) is 0. The molecule has 0 aliphatic heterocycles. The molecule has 0 atom stereocenters. The van der Waals surface area contributed by atoms with Crippen LogP contribution in [0.3, 0.4) is 0 Å². The van der Waals surface area contributed by atoms with Crippen LogP contribution in [0.4, 0.5) is 34.1 Å². The highest BCUT2D eigenvalue weighted by molar-refractivity contribution is 5.77. The third-order valence-electron chi connectivity index (χ3n) is 4.35. The maximum Gasteiger partial charge on any atom is 0.0463 e. The van der Waals surface area contributed by atoms with Gasteiger partial charge in [-0.1, -0.05) is 36.4 Å². The first-order valence-corrected chi connectivity index (χ1v) is 8.92. The Balaban J connectivity index is 1.64. The van der Waals surface area contributed by atoms with E-state index >= 15 is 0 Å². The van der Waals surface area contributed by atoms with Crippen LogP contribution in [0, 0.1) is 0 Å². The van der Waals surface area contributed by atoms with Crippen LogP contribution in [0.15, 0.2) is 109 Å². The lowest BCUT2D eigenvalue weighted by molar-refractivity contribution is 1.28. The fourth-order valence-electron chi connectivity index (χ4n) is 3.03. The highest BCUT2D eigenvalue weighted by Gasteiger charge is 2.11. The number of anilines is 6. The quantitative estimate of drug-likeness (QED) is 0.404. The van der Waals surface area contributed by atoms with E-state index in [2.05, 4.69) is 83.0 Å². The highest BCUT2D eigenvalue weighted by Crippen LogP contribution is 2.34. The monoisotopic (exact) mass is 351 g/mol. The Labute approximate surface area is 159 Å². The number of benzene rings is 4. The minimum atomic E-state index is 0.761. The number of hydrogen-bond acceptors (Lipinski definition) is 3. The molecule has 3 N–H and O–H groups in total. The topological polar surface area (TPSA) is 41.3 Å². The van der Waals surface area contributed by atoms with E-state index in [-0.39, 0.29) is 0 Å². The standard InChI is InChI=1S/C24H21N3/c25-19-11-13-20(14-12-19)26-21-15-17-24(18-16-21)27(22-7-3-1-4-8-22)23-9-5-2-6-10-23/h1-18,26H,25H2. The molecule has 0 amide bonds. The first kappa shape index (κ1) is 16.7. The van der Waals surface area contributed by atoms with E-state index in [1.54, 1.807) is 0 Å². The maximum atomic E-state index is 5.75. The summed E-state index contributed by atoms with van der Waals surface area (Å²) in [5.74, 6) is 0. The third-order valence-corrected chi connectivity index (χ3v) is 4.35. The lowest BCUT2D eigenvalue weighted by Crippen LogP contribution is -2.09. The summed E-state index contributed by atoms with van der Waals surface area (Å²) in [6, 6.07) is 36.9. The Kier molecular flexibility index (Phi) is 4.75. The van der Waals surface area contributed by atoms with Crippen LogP contribution in [0.2, 0.25) is 0 Å². The molecule has 0 spiro atoms. The number of nitrogens with one attached hydrogen (secondary N) is 1. The molecule has 0 unspecified atom stereocenters. The van der Waals surface area contributed by atoms with Gasteiger partial charge in [-0.15, -0.1) is 0 Å². The molecule has 27 heavy (non-hydrogen) atoms. The van der Waals surface area contributed by atoms with Gasteiger partial charge >= 0.3 is 0 Å². The van der Waals surface area contributed by atoms with E-state index in [1.807, 2.05) is 36.4 Å². The molecule has 0 saturated heterocycles. The maximum absolute atomic E-state index is 5.75. The van der Waals surface area contributed by atoms with Gasteiger partial charge < -0.3 is 16.0 Å². The van der Waals surface area contributed by atoms with E-state index < -0.39 is 0 Å². The number of rotatable bonds is 5. The van der Waals surface area contributed by atoms with Crippen molar-refractivity contribution in [3.8, 4) is 0 Å². The Bertz CT molecular complexity index is 940. The molecule has 0 radical (unpaired) electrons. The van der Waals surface area contributed by atoms with Crippen molar-refractivity contribution in [2.45, 2.75) is 0 Å². The Hall–Kier alpha value is -3.72. The first-order valence-electron chi connectivity index (χ1n) is 8.92. The molecule has 0 saturated carbocycles. The van der Waals surface area contributed by atoms with Crippen LogP contribution >= 0.6 is 0 Å². The number of para-hydroxylation sites is 2. The molecule has 0 fully saturated rings. The summed E-state index contributed by atoms with van der Waals surface area (Å²) in [5.41, 5.74) is 11.9. The molecule has 4 rings (SSSR count). The summed E-state index contributed by atoms with van der Waals surface area (Å²) in [6.07, 6.45) is 0. The van der Waals surface area contributed by atoms with Crippen LogP contribution in [0.1, 0.15) is 0 Å². The Morgan fingerprint density at radius 3 is 1.37 bits per heavy atom. The lowest BCUT2D eigenvalue weighted by atomic mass is 10.2. The number of nitrogen functional groups attached to an aromatic ring is 1. The predicted molar refractivity (Wildman–Crippen MR) is 115 cm³/mol. The van der Waals surface area contributed by atoms with Gasteiger partial charge in [0.15, 0.2) is 0 Å². The molecule has 132 valence electrons. The highest BCUT2D eigenvalue weighted by atomic mass is 15.1. The molecule has 0 aliphatic rings. The molecule has 0 heterocycles. The van der Waals surface area contributed by atoms with Crippen molar-refractivity contribution in [3.05, 3.63) is 109 Å². The van der Waals surface area contributed by atoms with Crippen LogP contribution in [-0.4, -0.2) is 0 Å². The van der Waals surface area contributed by atoms with Gasteiger partial charge in [-0.25, -0.2) is 0 Å². The number of nitrogens with zero attached hydrogens (tertiary/aromatic N) is 1. The van der Waals surface area contributed by atoms with Gasteiger partial charge in [-0.3, -0.25) is 0 Å². The van der Waals surface area contributed by atoms with Crippen LogP contribution in [-0.2, 0) is 0 Å². The van der Waals surface area contributed by atoms with Crippen LogP contribution in [0.5, 0.6) is 0 Å². The third kappa shape index (κ3) is 3.93. The first-order chi connectivity index (χ1) is 13.3. The minimum absolute atomic E-state index is 0.761. The predicted octanol–water partition coefficient (Wildman–Crippen LogP) is 6.48. The van der Waals surface area contributed by atoms with Gasteiger partial charge in [0, 0.05) is 34.1 Å². The zero-order valence-electron chi connectivity index (χ0n) is 14.9. The molecular weight excluding hydrogens is 330 g/mol. The molecule has 0 bridgehead atoms. The second kappa shape index (κ2) is 7.67. The van der Waals surface area contributed by atoms with Crippen molar-refractivity contribution in [2.75, 3.05) is 16.0 Å². The summed E-state index contributed by atoms with van der Waals surface area (Å²) >= 11 is 0. The molecule has 3 heteroatoms. The fourth-order valence-corrected chi connectivity index (χ4v) is 3.03. The van der Waals surface area contributed by atoms with Gasteiger partial charge in [-0.2, -0.15) is 0 Å². The van der Waals surface area contributed by atoms with Gasteiger partial charge in [0.1, 0.15) is 0 Å². The summed E-state index contributed by atoms with van der Waals surface area (Å²) in [4.78, 5) is 2.24. The minimum Gasteiger partial charge on any atom is -0.399 e. The van der Waals surface area contributed by atoms with E-state index in [0.717, 1.165) is 34.1 Å². The van der Waals surface area contributed by atoms with Crippen molar-refractivity contribution in [1.82, 2.24) is 0 Å². The van der Waals surface area contributed by atoms with E-state index in [1.165, 1.54) is 0 Å². The fraction of sp³-hybridized carbons (Fsp3) is 0. The molecule has 0 aromatic heterocycles. The zero-order chi connectivity index (χ0) is 18.5. The molecule has 0 aliphatic carbocycles. The molecule has 4 aromatic carbocycles. The average Bonchev–Trinajstić information content (AvgIpc) is 2.73. The van der Waals surface area contributed by atoms with E-state index in [9.17, 15) is 0 Å². The molecular formula is C24H21N3. The Morgan fingerprint density at radius 1 is 0.481 bits per heavy atom. The van der Waals surface area contributed by atoms with Crippen LogP contribution in [0.25, 0.3) is 0 Å². The Morgan fingerprint density at radius 2 is 0.889 bits per heavy atom. The molecule has 3 nitrogen and oxygen atoms in total. The molecule has 4 aromatic rings. The van der Waals surface area contributed by atoms with Gasteiger partial charge in [0.2, 0.25) is 0 Å². The average molecular weight is 351 g/mol. The van der Waals surface area contributed by atoms with E-state index in [4.69, 9.17) is 5.73 Å². The summed E-state index contributed by atoms with van der Waals surface area (Å²) < 4.78 is 0. The van der Waals surface area contributed by atoms with Crippen molar-refractivity contribution in [1.29, 1.82) is 0 Å². The van der Waals surface area contributed by atoms with Crippen molar-refractivity contribution in [3.63, 3.8) is 0 Å². The van der Waals surface area contributed by atoms with Gasteiger partial charge in [-0.05, 0) is 72.8 Å². The largest absolute Gasteiger partial charge is 0.399 e. The van der Waals surface area contributed by atoms with Gasteiger partial charge in [0.25, 0.3) is 0 Å². The number of nitrogens with two attached hydrogens (primary N) is 1. The van der Waals surface area contributed by atoms with Crippen LogP contribution < -0.4 is 16.0 Å². The summed E-state index contributed by atoms with van der Waals surface area (Å²) in [5, 5.41) is 3.40. The lowest BCUT2D eigenvalue weighted by Gasteiger charge is -2.25. The smallest absolute Gasteiger partial charge is 0.0463 e. The number of hydrogen-bond donors (Lipinski definition) is 2. The zero-order valence-corrected chi connectivity index (χ0v) is 14.9. The summed E-state index contributed by atoms with van der Waals surface area (Å²) in [6.45, 7) is 0.